The van der Waals surface area contributed by atoms with Gasteiger partial charge in [0, 0.05) is 0 Å². The van der Waals surface area contributed by atoms with Gasteiger partial charge in [0.2, 0.25) is 0 Å². The van der Waals surface area contributed by atoms with Crippen LogP contribution in [0.2, 0.25) is 11.6 Å². The summed E-state index contributed by atoms with van der Waals surface area (Å²) in [6, 6.07) is 9.97. The Hall–Kier alpha value is -0.643. The number of ether oxygens (including phenoxy) is 1. The molecule has 1 aromatic carbocycles. The molecule has 1 rings (SSSR count). The van der Waals surface area contributed by atoms with Crippen molar-refractivity contribution < 1.29 is 9.53 Å². The average Bonchev–Trinajstić information content (AvgIpc) is 2.17. The molecule has 0 aliphatic heterocycles. The third-order valence-electron chi connectivity index (χ3n) is 3.08. The van der Waals surface area contributed by atoms with Crippen LogP contribution in [0.5, 0.6) is 0 Å². The smallest absolute Gasteiger partial charge is 0.264 e. The van der Waals surface area contributed by atoms with Gasteiger partial charge in [-0.25, -0.2) is 0 Å². The van der Waals surface area contributed by atoms with Gasteiger partial charge >= 0.3 is 0 Å². The second-order valence-corrected chi connectivity index (χ2v) is 9.71. The van der Waals surface area contributed by atoms with Gasteiger partial charge in [-0.15, -0.1) is 0 Å². The quantitative estimate of drug-likeness (QED) is 0.736. The summed E-state index contributed by atoms with van der Waals surface area (Å²) in [5.41, 5.74) is 1.13. The van der Waals surface area contributed by atoms with E-state index >= 15 is 0 Å². The van der Waals surface area contributed by atoms with Crippen molar-refractivity contribution in [1.82, 2.24) is 0 Å². The molecule has 0 amide bonds. The Kier molecular flexibility index (Phi) is 4.30. The summed E-state index contributed by atoms with van der Waals surface area (Å²) < 4.78 is 5.56. The third-order valence-corrected chi connectivity index (χ3v) is 7.00. The maximum absolute atomic E-state index is 12.3. The van der Waals surface area contributed by atoms with E-state index in [0.717, 1.165) is 5.56 Å². The van der Waals surface area contributed by atoms with Gasteiger partial charge in [0.25, 0.3) is 8.32 Å². The highest BCUT2D eigenvalue weighted by Crippen LogP contribution is 2.34. The average molecular weight is 237 g/mol. The molecule has 1 radical (unpaired) electrons. The molecule has 0 fully saturated rings. The molecule has 0 bridgehead atoms. The molecule has 1 atom stereocenters. The predicted octanol–water partition coefficient (Wildman–Crippen LogP) is 3.55. The molecular weight excluding hydrogens is 216 g/mol. The molecule has 2 nitrogen and oxygen atoms in total. The van der Waals surface area contributed by atoms with Crippen molar-refractivity contribution in [1.29, 1.82) is 0 Å². The third kappa shape index (κ3) is 3.74. The lowest BCUT2D eigenvalue weighted by Gasteiger charge is -2.31. The van der Waals surface area contributed by atoms with Crippen molar-refractivity contribution >= 4 is 8.32 Å². The Morgan fingerprint density at radius 2 is 1.75 bits per heavy atom. The van der Waals surface area contributed by atoms with Crippen LogP contribution in [0.25, 0.3) is 0 Å². The molecule has 89 valence electrons. The van der Waals surface area contributed by atoms with E-state index in [1.54, 1.807) is 0 Å². The summed E-state index contributed by atoms with van der Waals surface area (Å²) in [5.74, 6) is 0. The van der Waals surface area contributed by atoms with E-state index in [2.05, 4.69) is 0 Å². The monoisotopic (exact) mass is 237 g/mol. The molecule has 0 heterocycles. The van der Waals surface area contributed by atoms with E-state index in [4.69, 9.17) is 4.74 Å². The first kappa shape index (κ1) is 13.4. The van der Waals surface area contributed by atoms with Crippen molar-refractivity contribution in [3.05, 3.63) is 35.9 Å². The molecule has 0 saturated heterocycles. The van der Waals surface area contributed by atoms with Crippen LogP contribution in [0.15, 0.2) is 30.3 Å². The lowest BCUT2D eigenvalue weighted by molar-refractivity contribution is 0.139. The van der Waals surface area contributed by atoms with Crippen molar-refractivity contribution in [2.75, 3.05) is 6.23 Å². The summed E-state index contributed by atoms with van der Waals surface area (Å²) in [5, 5.41) is -0.149. The summed E-state index contributed by atoms with van der Waals surface area (Å²) in [7, 11) is -2.53. The first-order chi connectivity index (χ1) is 7.33. The van der Waals surface area contributed by atoms with Crippen molar-refractivity contribution in [3.8, 4) is 0 Å². The van der Waals surface area contributed by atoms with Crippen molar-refractivity contribution in [3.63, 3.8) is 0 Å². The van der Waals surface area contributed by atoms with E-state index in [0.29, 0.717) is 12.8 Å². The molecule has 0 aromatic heterocycles. The number of hydrogen-bond donors (Lipinski definition) is 0. The van der Waals surface area contributed by atoms with Gasteiger partial charge < -0.3 is 4.74 Å². The van der Waals surface area contributed by atoms with Gasteiger partial charge in [-0.2, -0.15) is 0 Å². The van der Waals surface area contributed by atoms with Crippen LogP contribution >= 0.6 is 0 Å². The minimum absolute atomic E-state index is 0.149. The van der Waals surface area contributed by atoms with Crippen molar-refractivity contribution in [2.24, 2.45) is 0 Å². The zero-order chi connectivity index (χ0) is 12.2. The van der Waals surface area contributed by atoms with Crippen LogP contribution in [0, 0.1) is 0 Å². The number of hydrogen-bond acceptors (Lipinski definition) is 1. The molecule has 3 heteroatoms. The van der Waals surface area contributed by atoms with E-state index in [1.807, 2.05) is 57.7 Å². The first-order valence-corrected chi connectivity index (χ1v) is 8.26. The zero-order valence-electron chi connectivity index (χ0n) is 10.6. The van der Waals surface area contributed by atoms with Gasteiger partial charge in [0.1, 0.15) is 0 Å². The molecule has 0 N–H and O–H groups in total. The van der Waals surface area contributed by atoms with Gasteiger partial charge in [-0.05, 0) is 17.1 Å². The number of rotatable bonds is 4. The van der Waals surface area contributed by atoms with Crippen molar-refractivity contribution in [2.45, 2.75) is 39.0 Å². The minimum Gasteiger partial charge on any atom is -0.377 e. The largest absolute Gasteiger partial charge is 0.377 e. The molecule has 0 spiro atoms. The van der Waals surface area contributed by atoms with Crippen LogP contribution < -0.4 is 0 Å². The molecular formula is C13H21O2Si. The fourth-order valence-electron chi connectivity index (χ4n) is 1.15. The fourth-order valence-corrected chi connectivity index (χ4v) is 2.08. The Morgan fingerprint density at radius 3 is 2.25 bits per heavy atom. The maximum Gasteiger partial charge on any atom is 0.264 e. The van der Waals surface area contributed by atoms with Gasteiger partial charge in [0.05, 0.1) is 12.8 Å². The van der Waals surface area contributed by atoms with E-state index in [9.17, 15) is 4.80 Å². The lowest BCUT2D eigenvalue weighted by atomic mass is 10.2. The van der Waals surface area contributed by atoms with Gasteiger partial charge in [-0.3, -0.25) is 4.80 Å². The SMILES string of the molecule is CC(C)(C)[Si](C)([O])COCc1ccccc1. The molecule has 1 unspecified atom stereocenters. The highest BCUT2D eigenvalue weighted by Gasteiger charge is 2.41. The standard InChI is InChI=1S/C13H21O2Si/c1-13(2,3)16(4,14)11-15-10-12-8-6-5-7-9-12/h5-9H,10-11H2,1-4H3. The maximum atomic E-state index is 12.3. The van der Waals surface area contributed by atoms with E-state index < -0.39 is 8.32 Å². The summed E-state index contributed by atoms with van der Waals surface area (Å²) >= 11 is 0. The highest BCUT2D eigenvalue weighted by molar-refractivity contribution is 6.73. The van der Waals surface area contributed by atoms with Crippen LogP contribution in [0.1, 0.15) is 26.3 Å². The Bertz CT molecular complexity index is 314. The molecule has 0 aliphatic rings. The molecule has 16 heavy (non-hydrogen) atoms. The highest BCUT2D eigenvalue weighted by atomic mass is 28.4. The summed E-state index contributed by atoms with van der Waals surface area (Å²) in [4.78, 5) is 12.3. The fraction of sp³-hybridized carbons (Fsp3) is 0.538. The second kappa shape index (κ2) is 5.12. The van der Waals surface area contributed by atoms with Crippen LogP contribution in [0.4, 0.5) is 0 Å². The molecule has 1 aromatic rings. The predicted molar refractivity (Wildman–Crippen MR) is 68.1 cm³/mol. The minimum atomic E-state index is -2.53. The van der Waals surface area contributed by atoms with Gasteiger partial charge in [-0.1, -0.05) is 51.1 Å². The molecule has 0 aliphatic carbocycles. The topological polar surface area (TPSA) is 29.1 Å². The first-order valence-electron chi connectivity index (χ1n) is 5.65. The van der Waals surface area contributed by atoms with Gasteiger partial charge in [0.15, 0.2) is 0 Å². The second-order valence-electron chi connectivity index (χ2n) is 5.46. The zero-order valence-corrected chi connectivity index (χ0v) is 11.6. The summed E-state index contributed by atoms with van der Waals surface area (Å²) in [6.45, 7) is 8.42. The molecule has 0 saturated carbocycles. The Labute approximate surface area is 99.4 Å². The van der Waals surface area contributed by atoms with E-state index in [-0.39, 0.29) is 5.04 Å². The number of benzene rings is 1. The Morgan fingerprint density at radius 1 is 1.19 bits per heavy atom. The van der Waals surface area contributed by atoms with Crippen LogP contribution in [0.3, 0.4) is 0 Å². The Balaban J connectivity index is 2.42. The van der Waals surface area contributed by atoms with Crippen LogP contribution in [-0.4, -0.2) is 14.5 Å². The normalized spacial score (nSPS) is 15.8. The summed E-state index contributed by atoms with van der Waals surface area (Å²) in [6.07, 6.45) is 0.380. The lowest BCUT2D eigenvalue weighted by Crippen LogP contribution is -2.44. The van der Waals surface area contributed by atoms with E-state index in [1.165, 1.54) is 0 Å². The van der Waals surface area contributed by atoms with Crippen LogP contribution in [-0.2, 0) is 16.1 Å².